The number of hydrogen-bond donors (Lipinski definition) is 5. The lowest BCUT2D eigenvalue weighted by atomic mass is 9.44. The lowest BCUT2D eigenvalue weighted by molar-refractivity contribution is -0.346. The third-order valence-corrected chi connectivity index (χ3v) is 21.2. The fourth-order valence-corrected chi connectivity index (χ4v) is 16.7. The highest BCUT2D eigenvalue weighted by atomic mass is 16.6. The van der Waals surface area contributed by atoms with Gasteiger partial charge in [-0.25, -0.2) is 14.4 Å². The lowest BCUT2D eigenvalue weighted by Gasteiger charge is -2.67. The van der Waals surface area contributed by atoms with Crippen molar-refractivity contribution >= 4 is 41.5 Å². The molecule has 0 radical (unpaired) electrons. The average Bonchev–Trinajstić information content (AvgIpc) is 1.12. The maximum Gasteiger partial charge on any atom is 0.350 e. The number of rotatable bonds is 14. The van der Waals surface area contributed by atoms with Gasteiger partial charge in [0.1, 0.15) is 35.7 Å². The van der Waals surface area contributed by atoms with Gasteiger partial charge in [0, 0.05) is 43.7 Å². The smallest absolute Gasteiger partial charge is 0.350 e. The number of aryl methyl sites for hydroxylation is 1. The Bertz CT molecular complexity index is 3420. The molecule has 4 saturated carbocycles. The molecule has 460 valence electrons. The summed E-state index contributed by atoms with van der Waals surface area (Å²) in [6.45, 7) is 10.1. The van der Waals surface area contributed by atoms with Crippen LogP contribution in [0.15, 0.2) is 132 Å². The molecule has 5 N–H and O–H groups in total. The number of aromatic hydroxyl groups is 1. The minimum Gasteiger partial charge on any atom is -0.508 e. The highest BCUT2D eigenvalue weighted by Crippen LogP contribution is 2.66. The van der Waals surface area contributed by atoms with Crippen LogP contribution in [-0.2, 0) is 58.8 Å². The minimum atomic E-state index is -2.49. The molecule has 1 saturated heterocycles. The van der Waals surface area contributed by atoms with Gasteiger partial charge in [0.15, 0.2) is 17.5 Å². The number of fused-ring (bicyclic) bond motifs is 10. The molecule has 18 heteroatoms. The highest BCUT2D eigenvalue weighted by Gasteiger charge is 2.78. The quantitative estimate of drug-likeness (QED) is 0.0345. The molecular formula is C69H77NO17. The summed E-state index contributed by atoms with van der Waals surface area (Å²) < 4.78 is 37.4. The van der Waals surface area contributed by atoms with Crippen LogP contribution in [0.2, 0.25) is 0 Å². The predicted molar refractivity (Wildman–Crippen MR) is 313 cm³/mol. The maximum atomic E-state index is 15.9. The Labute approximate surface area is 505 Å². The molecule has 1 heterocycles. The van der Waals surface area contributed by atoms with Crippen LogP contribution < -0.4 is 5.32 Å². The Morgan fingerprint density at radius 2 is 1.48 bits per heavy atom. The summed E-state index contributed by atoms with van der Waals surface area (Å²) in [7, 11) is 0. The van der Waals surface area contributed by atoms with Crippen LogP contribution in [0, 0.1) is 39.9 Å². The number of phenolic OH excluding ortho intramolecular Hbond substituents is 1. The van der Waals surface area contributed by atoms with Crippen molar-refractivity contribution in [3.8, 4) is 5.75 Å². The van der Waals surface area contributed by atoms with Crippen molar-refractivity contribution in [2.45, 2.75) is 166 Å². The molecule has 4 aromatic carbocycles. The van der Waals surface area contributed by atoms with Crippen LogP contribution in [0.25, 0.3) is 0 Å². The van der Waals surface area contributed by atoms with Gasteiger partial charge in [-0.05, 0) is 146 Å². The van der Waals surface area contributed by atoms with E-state index in [9.17, 15) is 44.4 Å². The summed E-state index contributed by atoms with van der Waals surface area (Å²) in [4.78, 5) is 102. The molecular weight excluding hydrogens is 1110 g/mol. The molecule has 4 aromatic rings. The number of carbonyl (C=O) groups excluding carboxylic acids is 7. The van der Waals surface area contributed by atoms with Crippen molar-refractivity contribution in [1.29, 1.82) is 0 Å². The van der Waals surface area contributed by atoms with Gasteiger partial charge in [-0.1, -0.05) is 99.6 Å². The van der Waals surface area contributed by atoms with Crippen LogP contribution in [0.5, 0.6) is 5.75 Å². The molecule has 1 aliphatic heterocycles. The van der Waals surface area contributed by atoms with E-state index in [-0.39, 0.29) is 58.3 Å². The fourth-order valence-electron chi connectivity index (χ4n) is 16.7. The molecule has 7 aliphatic rings. The first kappa shape index (κ1) is 61.1. The zero-order valence-electron chi connectivity index (χ0n) is 50.0. The molecule has 0 spiro atoms. The molecule has 87 heavy (non-hydrogen) atoms. The SMILES string of the molecule is CC(=O)O[C@H]1C(=O)[C@@]2(C)[C@H]([C@H](OC(=O)c3ccccc3)[C@]3(O)C[C@H](OC(=O)[C@H](OC(=O)/C=C/C[C@@H]4C[C@H]5[C@@H]6CCc7cc(O)ccc7[C@H]6CC[C@]5(C)[C@H]4O)[C@@H](NC(=O)c4ccccc4)c4ccccc4)C(C)=C1C3(C)C)[C@]1(OC(C)=O)CO[C@@H]1C[C@@H]2O. The van der Waals surface area contributed by atoms with Gasteiger partial charge in [0.25, 0.3) is 5.91 Å². The second kappa shape index (κ2) is 23.2. The summed E-state index contributed by atoms with van der Waals surface area (Å²) in [6.07, 6.45) is -4.32. The standard InChI is InChI=1S/C69H77NO17/c1-37-50(35-69(81)61(86-63(79)42-22-15-10-16-23-42)58-67(7,51(74)34-52-68(58,36-82-52)87-39(3)72)60(77)56(83-38(2)71)54(37)65(69,4)5)84-64(80)57(55(40-18-11-8-12-19-40)70-62(78)41-20-13-9-14-21-41)85-53(75)25-17-24-44-33-49-48-28-26-43-32-45(73)27-29-46(43)47(48)30-31-66(49,6)59(44)76/h8-23,25,27,29,32,44,47-52,55-59,61,73-74,76,81H,24,26,28,30-31,33-36H2,1-7H3,(H,70,78)/b25-17+/t44-,47-,48-,49+,50+,51+,52-,55+,56-,57-,58+,59+,61+,66+,67-,68+,69-/m1/s1. The number of benzene rings is 4. The van der Waals surface area contributed by atoms with Gasteiger partial charge in [-0.15, -0.1) is 0 Å². The van der Waals surface area contributed by atoms with Gasteiger partial charge in [0.2, 0.25) is 6.10 Å². The molecule has 2 bridgehead atoms. The first-order chi connectivity index (χ1) is 41.3. The van der Waals surface area contributed by atoms with E-state index in [1.165, 1.54) is 43.2 Å². The number of phenols is 1. The van der Waals surface area contributed by atoms with Gasteiger partial charge in [0.05, 0.1) is 35.7 Å². The second-order valence-electron chi connectivity index (χ2n) is 26.2. The molecule has 5 fully saturated rings. The molecule has 11 rings (SSSR count). The summed E-state index contributed by atoms with van der Waals surface area (Å²) >= 11 is 0. The Balaban J connectivity index is 0.967. The highest BCUT2D eigenvalue weighted by molar-refractivity contribution is 5.97. The summed E-state index contributed by atoms with van der Waals surface area (Å²) in [6, 6.07) is 28.5. The molecule has 0 aromatic heterocycles. The third kappa shape index (κ3) is 10.5. The van der Waals surface area contributed by atoms with Gasteiger partial charge in [-0.3, -0.25) is 19.2 Å². The van der Waals surface area contributed by atoms with E-state index in [0.717, 1.165) is 46.0 Å². The number of esters is 5. The molecule has 1 amide bonds. The van der Waals surface area contributed by atoms with E-state index < -0.39 is 125 Å². The largest absolute Gasteiger partial charge is 0.508 e. The second-order valence-corrected chi connectivity index (χ2v) is 26.2. The molecule has 18 nitrogen and oxygen atoms in total. The Hall–Kier alpha value is -7.51. The maximum absolute atomic E-state index is 15.9. The zero-order chi connectivity index (χ0) is 62.1. The monoisotopic (exact) mass is 1190 g/mol. The number of nitrogens with one attached hydrogen (secondary N) is 1. The van der Waals surface area contributed by atoms with Crippen LogP contribution >= 0.6 is 0 Å². The van der Waals surface area contributed by atoms with E-state index in [0.29, 0.717) is 23.8 Å². The van der Waals surface area contributed by atoms with Gasteiger partial charge in [-0.2, -0.15) is 0 Å². The number of hydrogen-bond acceptors (Lipinski definition) is 17. The topological polar surface area (TPSA) is 268 Å². The number of amides is 1. The van der Waals surface area contributed by atoms with E-state index in [1.54, 1.807) is 105 Å². The Kier molecular flexibility index (Phi) is 16.3. The number of ether oxygens (including phenoxy) is 6. The molecule has 17 atom stereocenters. The fraction of sp³-hybridized carbons (Fsp3) is 0.493. The Morgan fingerprint density at radius 3 is 2.13 bits per heavy atom. The van der Waals surface area contributed by atoms with Crippen molar-refractivity contribution in [3.63, 3.8) is 0 Å². The van der Waals surface area contributed by atoms with Crippen LogP contribution in [0.4, 0.5) is 0 Å². The third-order valence-electron chi connectivity index (χ3n) is 21.2. The number of allylic oxidation sites excluding steroid dienone is 1. The lowest BCUT2D eigenvalue weighted by Crippen LogP contribution is -2.82. The van der Waals surface area contributed by atoms with Crippen LogP contribution in [-0.4, -0.2) is 122 Å². The van der Waals surface area contributed by atoms with Crippen molar-refractivity contribution in [1.82, 2.24) is 5.32 Å². The first-order valence-corrected chi connectivity index (χ1v) is 30.2. The van der Waals surface area contributed by atoms with E-state index >= 15 is 9.59 Å². The summed E-state index contributed by atoms with van der Waals surface area (Å²) in [5, 5.41) is 51.7. The molecule has 0 unspecified atom stereocenters. The Morgan fingerprint density at radius 1 is 0.816 bits per heavy atom. The predicted octanol–water partition coefficient (Wildman–Crippen LogP) is 8.08. The summed E-state index contributed by atoms with van der Waals surface area (Å²) in [5.41, 5.74) is -5.48. The van der Waals surface area contributed by atoms with Crippen molar-refractivity contribution in [2.75, 3.05) is 6.61 Å². The van der Waals surface area contributed by atoms with Crippen LogP contribution in [0.3, 0.4) is 0 Å². The number of aliphatic hydroxyl groups is 3. The number of aliphatic hydroxyl groups excluding tert-OH is 2. The number of ketones is 1. The minimum absolute atomic E-state index is 0.0407. The average molecular weight is 1190 g/mol. The zero-order valence-corrected chi connectivity index (χ0v) is 50.0. The number of Topliss-reactive ketones (excluding diaryl/α,β-unsaturated/α-hetero) is 1. The van der Waals surface area contributed by atoms with Crippen molar-refractivity contribution in [2.24, 2.45) is 39.9 Å². The molecule has 6 aliphatic carbocycles. The van der Waals surface area contributed by atoms with E-state index in [4.69, 9.17) is 28.4 Å². The van der Waals surface area contributed by atoms with E-state index in [2.05, 4.69) is 12.2 Å². The summed E-state index contributed by atoms with van der Waals surface area (Å²) in [5.74, 6) is -7.18. The number of carbonyl (C=O) groups is 7. The van der Waals surface area contributed by atoms with Crippen molar-refractivity contribution in [3.05, 3.63) is 160 Å². The van der Waals surface area contributed by atoms with Crippen LogP contribution in [0.1, 0.15) is 143 Å². The van der Waals surface area contributed by atoms with Crippen molar-refractivity contribution < 1.29 is 82.4 Å². The normalized spacial score (nSPS) is 34.3. The first-order valence-electron chi connectivity index (χ1n) is 30.2. The van der Waals surface area contributed by atoms with Gasteiger partial charge < -0.3 is 54.2 Å². The van der Waals surface area contributed by atoms with E-state index in [1.807, 2.05) is 12.1 Å². The van der Waals surface area contributed by atoms with Gasteiger partial charge >= 0.3 is 29.8 Å².